The molecule has 0 saturated heterocycles. The van der Waals surface area contributed by atoms with Gasteiger partial charge < -0.3 is 8.92 Å². The highest BCUT2D eigenvalue weighted by molar-refractivity contribution is 7.94. The standard InChI is InChI=1S/C14H18N2O5S/c1-22-21-14(17)15-12-8-7-10(16(18)19)9-13(12)20-11-5-3-2-4-6-11/h7-9,11H,2-6H2,1H3,(H,15,17). The van der Waals surface area contributed by atoms with Crippen LogP contribution in [-0.2, 0) is 4.18 Å². The summed E-state index contributed by atoms with van der Waals surface area (Å²) in [6.45, 7) is 0. The van der Waals surface area contributed by atoms with E-state index in [0.717, 1.165) is 37.7 Å². The van der Waals surface area contributed by atoms with E-state index in [1.807, 2.05) is 0 Å². The molecular formula is C14H18N2O5S. The average molecular weight is 326 g/mol. The number of amides is 1. The highest BCUT2D eigenvalue weighted by Crippen LogP contribution is 2.33. The van der Waals surface area contributed by atoms with Crippen LogP contribution in [0.1, 0.15) is 32.1 Å². The lowest BCUT2D eigenvalue weighted by Gasteiger charge is -2.24. The van der Waals surface area contributed by atoms with Gasteiger partial charge >= 0.3 is 6.09 Å². The molecule has 0 spiro atoms. The molecule has 1 N–H and O–H groups in total. The van der Waals surface area contributed by atoms with Crippen LogP contribution in [0.2, 0.25) is 0 Å². The third kappa shape index (κ3) is 4.52. The predicted octanol–water partition coefficient (Wildman–Crippen LogP) is 4.13. The van der Waals surface area contributed by atoms with Gasteiger partial charge in [-0.25, -0.2) is 4.79 Å². The van der Waals surface area contributed by atoms with E-state index in [2.05, 4.69) is 5.32 Å². The van der Waals surface area contributed by atoms with Gasteiger partial charge in [-0.3, -0.25) is 15.4 Å². The molecule has 0 aromatic heterocycles. The molecule has 120 valence electrons. The van der Waals surface area contributed by atoms with Crippen LogP contribution in [0.4, 0.5) is 16.2 Å². The summed E-state index contributed by atoms with van der Waals surface area (Å²) in [5.41, 5.74) is 0.296. The minimum atomic E-state index is -0.644. The molecular weight excluding hydrogens is 308 g/mol. The molecule has 2 rings (SSSR count). The van der Waals surface area contributed by atoms with Crippen molar-refractivity contribution in [1.82, 2.24) is 0 Å². The van der Waals surface area contributed by atoms with E-state index in [4.69, 9.17) is 8.92 Å². The number of hydrogen-bond acceptors (Lipinski definition) is 6. The van der Waals surface area contributed by atoms with E-state index < -0.39 is 11.0 Å². The third-order valence-corrected chi connectivity index (χ3v) is 3.74. The number of non-ortho nitro benzene ring substituents is 1. The minimum absolute atomic E-state index is 0.0212. The predicted molar refractivity (Wildman–Crippen MR) is 84.2 cm³/mol. The molecule has 0 unspecified atom stereocenters. The first-order valence-corrected chi connectivity index (χ1v) is 8.22. The molecule has 7 nitrogen and oxygen atoms in total. The molecule has 1 fully saturated rings. The van der Waals surface area contributed by atoms with Crippen molar-refractivity contribution in [3.63, 3.8) is 0 Å². The third-order valence-electron chi connectivity index (χ3n) is 3.42. The summed E-state index contributed by atoms with van der Waals surface area (Å²) >= 11 is 0.917. The Bertz CT molecular complexity index is 546. The fraction of sp³-hybridized carbons (Fsp3) is 0.500. The lowest BCUT2D eigenvalue weighted by Crippen LogP contribution is -2.21. The second-order valence-electron chi connectivity index (χ2n) is 4.98. The van der Waals surface area contributed by atoms with Crippen molar-refractivity contribution < 1.29 is 18.6 Å². The van der Waals surface area contributed by atoms with Crippen molar-refractivity contribution in [3.8, 4) is 5.75 Å². The van der Waals surface area contributed by atoms with Crippen LogP contribution in [0.25, 0.3) is 0 Å². The number of ether oxygens (including phenoxy) is 1. The van der Waals surface area contributed by atoms with E-state index in [1.165, 1.54) is 24.6 Å². The first-order chi connectivity index (χ1) is 10.6. The molecule has 1 aromatic carbocycles. The number of nitrogens with one attached hydrogen (secondary N) is 1. The summed E-state index contributed by atoms with van der Waals surface area (Å²) in [5, 5.41) is 13.5. The molecule has 0 aliphatic heterocycles. The Hall–Kier alpha value is -1.96. The smallest absolute Gasteiger partial charge is 0.423 e. The van der Waals surface area contributed by atoms with E-state index in [1.54, 1.807) is 6.26 Å². The Morgan fingerprint density at radius 2 is 2.09 bits per heavy atom. The number of nitro benzene ring substituents is 1. The first-order valence-electron chi connectivity index (χ1n) is 7.07. The van der Waals surface area contributed by atoms with Gasteiger partial charge in [-0.2, -0.15) is 0 Å². The normalized spacial score (nSPS) is 15.1. The second-order valence-corrected chi connectivity index (χ2v) is 5.48. The van der Waals surface area contributed by atoms with Crippen molar-refractivity contribution >= 4 is 29.5 Å². The Labute approximate surface area is 132 Å². The summed E-state index contributed by atoms with van der Waals surface area (Å²) < 4.78 is 10.6. The van der Waals surface area contributed by atoms with Crippen LogP contribution >= 0.6 is 12.0 Å². The highest BCUT2D eigenvalue weighted by atomic mass is 32.2. The topological polar surface area (TPSA) is 90.7 Å². The van der Waals surface area contributed by atoms with Gasteiger partial charge in [-0.15, -0.1) is 0 Å². The summed E-state index contributed by atoms with van der Waals surface area (Å²) in [6, 6.07) is 4.11. The van der Waals surface area contributed by atoms with E-state index in [0.29, 0.717) is 11.4 Å². The Morgan fingerprint density at radius 1 is 1.36 bits per heavy atom. The van der Waals surface area contributed by atoms with Gasteiger partial charge in [-0.1, -0.05) is 6.42 Å². The molecule has 1 aliphatic rings. The quantitative estimate of drug-likeness (QED) is 0.497. The molecule has 1 aromatic rings. The first kappa shape index (κ1) is 16.4. The lowest BCUT2D eigenvalue weighted by atomic mass is 9.98. The second kappa shape index (κ2) is 7.88. The fourth-order valence-electron chi connectivity index (χ4n) is 2.39. The molecule has 0 atom stereocenters. The molecule has 0 bridgehead atoms. The maximum absolute atomic E-state index is 11.5. The van der Waals surface area contributed by atoms with Crippen LogP contribution in [0.3, 0.4) is 0 Å². The van der Waals surface area contributed by atoms with Crippen LogP contribution in [0.15, 0.2) is 18.2 Å². The monoisotopic (exact) mass is 326 g/mol. The van der Waals surface area contributed by atoms with E-state index in [9.17, 15) is 14.9 Å². The maximum atomic E-state index is 11.5. The van der Waals surface area contributed by atoms with Crippen LogP contribution < -0.4 is 10.1 Å². The molecule has 1 aliphatic carbocycles. The number of hydrogen-bond donors (Lipinski definition) is 1. The Morgan fingerprint density at radius 3 is 2.73 bits per heavy atom. The van der Waals surface area contributed by atoms with Gasteiger partial charge in [0.15, 0.2) is 0 Å². The molecule has 22 heavy (non-hydrogen) atoms. The van der Waals surface area contributed by atoms with Crippen LogP contribution in [0.5, 0.6) is 5.75 Å². The summed E-state index contributed by atoms with van der Waals surface area (Å²) in [5.74, 6) is 0.305. The zero-order valence-corrected chi connectivity index (χ0v) is 13.1. The van der Waals surface area contributed by atoms with E-state index >= 15 is 0 Å². The fourth-order valence-corrected chi connectivity index (χ4v) is 2.59. The van der Waals surface area contributed by atoms with Gasteiger partial charge in [-0.05, 0) is 31.7 Å². The summed E-state index contributed by atoms with van der Waals surface area (Å²) in [4.78, 5) is 22.0. The van der Waals surface area contributed by atoms with E-state index in [-0.39, 0.29) is 11.8 Å². The van der Waals surface area contributed by atoms with Gasteiger partial charge in [0.1, 0.15) is 5.75 Å². The van der Waals surface area contributed by atoms with Crippen molar-refractivity contribution in [2.24, 2.45) is 0 Å². The van der Waals surface area contributed by atoms with Crippen molar-refractivity contribution in [2.75, 3.05) is 11.6 Å². The number of benzene rings is 1. The zero-order valence-electron chi connectivity index (χ0n) is 12.2. The number of carbonyl (C=O) groups excluding carboxylic acids is 1. The highest BCUT2D eigenvalue weighted by Gasteiger charge is 2.20. The molecule has 0 radical (unpaired) electrons. The van der Waals surface area contributed by atoms with Gasteiger partial charge in [0.2, 0.25) is 0 Å². The maximum Gasteiger partial charge on any atom is 0.423 e. The minimum Gasteiger partial charge on any atom is -0.488 e. The summed E-state index contributed by atoms with van der Waals surface area (Å²) in [7, 11) is 0. The zero-order chi connectivity index (χ0) is 15.9. The molecule has 1 amide bonds. The van der Waals surface area contributed by atoms with Crippen molar-refractivity contribution in [2.45, 2.75) is 38.2 Å². The van der Waals surface area contributed by atoms with Crippen LogP contribution in [0, 0.1) is 10.1 Å². The van der Waals surface area contributed by atoms with Gasteiger partial charge in [0.05, 0.1) is 34.8 Å². The number of carbonyl (C=O) groups is 1. The lowest BCUT2D eigenvalue weighted by molar-refractivity contribution is -0.384. The Balaban J connectivity index is 2.18. The molecule has 8 heteroatoms. The molecule has 1 saturated carbocycles. The summed E-state index contributed by atoms with van der Waals surface area (Å²) in [6.07, 6.45) is 6.17. The number of nitro groups is 1. The van der Waals surface area contributed by atoms with Gasteiger partial charge in [0.25, 0.3) is 5.69 Å². The van der Waals surface area contributed by atoms with Crippen molar-refractivity contribution in [3.05, 3.63) is 28.3 Å². The SMILES string of the molecule is CSOC(=O)Nc1ccc([N+](=O)[O-])cc1OC1CCCCC1. The number of rotatable bonds is 5. The van der Waals surface area contributed by atoms with Crippen LogP contribution in [-0.4, -0.2) is 23.4 Å². The largest absolute Gasteiger partial charge is 0.488 e. The number of anilines is 1. The van der Waals surface area contributed by atoms with Gasteiger partial charge in [0, 0.05) is 12.3 Å². The average Bonchev–Trinajstić information content (AvgIpc) is 2.50. The Kier molecular flexibility index (Phi) is 5.88. The molecule has 0 heterocycles. The number of nitrogens with zero attached hydrogens (tertiary/aromatic N) is 1. The van der Waals surface area contributed by atoms with Crippen molar-refractivity contribution in [1.29, 1.82) is 0 Å².